The normalized spacial score (nSPS) is 14.1. The van der Waals surface area contributed by atoms with Crippen LogP contribution in [0.5, 0.6) is 0 Å². The highest BCUT2D eigenvalue weighted by molar-refractivity contribution is 5.34. The molecule has 2 aromatic rings. The maximum Gasteiger partial charge on any atom is 0.0667 e. The van der Waals surface area contributed by atoms with Crippen LogP contribution < -0.4 is 5.32 Å². The van der Waals surface area contributed by atoms with E-state index >= 15 is 0 Å². The highest BCUT2D eigenvalue weighted by atomic mass is 16.5. The van der Waals surface area contributed by atoms with E-state index in [1.54, 1.807) is 7.11 Å². The summed E-state index contributed by atoms with van der Waals surface area (Å²) in [6, 6.07) is 21.7. The largest absolute Gasteiger partial charge is 0.380 e. The number of methoxy groups -OCH3 is 1. The van der Waals surface area contributed by atoms with E-state index in [9.17, 15) is 0 Å². The lowest BCUT2D eigenvalue weighted by Crippen LogP contribution is -2.37. The Morgan fingerprint density at radius 3 is 1.76 bits per heavy atom. The van der Waals surface area contributed by atoms with Gasteiger partial charge in [0.15, 0.2) is 0 Å². The molecule has 2 nitrogen and oxygen atoms in total. The van der Waals surface area contributed by atoms with Gasteiger partial charge in [-0.15, -0.1) is 0 Å². The molecule has 0 fully saturated rings. The van der Waals surface area contributed by atoms with Gasteiger partial charge in [-0.2, -0.15) is 0 Å². The summed E-state index contributed by atoms with van der Waals surface area (Å²) >= 11 is 0. The fraction of sp³-hybridized carbons (Fsp3) is 0.368. The van der Waals surface area contributed by atoms with Gasteiger partial charge in [-0.05, 0) is 25.0 Å². The molecular formula is C19H25NO. The first-order chi connectivity index (χ1) is 10.2. The zero-order chi connectivity index (χ0) is 15.1. The smallest absolute Gasteiger partial charge is 0.0667 e. The van der Waals surface area contributed by atoms with Gasteiger partial charge in [0.05, 0.1) is 6.10 Å². The van der Waals surface area contributed by atoms with Gasteiger partial charge >= 0.3 is 0 Å². The molecule has 0 aliphatic rings. The van der Waals surface area contributed by atoms with Gasteiger partial charge in [-0.25, -0.2) is 0 Å². The van der Waals surface area contributed by atoms with E-state index in [-0.39, 0.29) is 6.10 Å². The van der Waals surface area contributed by atoms with Gasteiger partial charge < -0.3 is 10.1 Å². The molecule has 0 heterocycles. The number of nitrogens with one attached hydrogen (secondary N) is 1. The van der Waals surface area contributed by atoms with Crippen molar-refractivity contribution in [3.8, 4) is 0 Å². The summed E-state index contributed by atoms with van der Waals surface area (Å²) in [5, 5.41) is 3.61. The Hall–Kier alpha value is -1.64. The summed E-state index contributed by atoms with van der Waals surface area (Å²) in [6.45, 7) is 5.18. The molecule has 0 amide bonds. The highest BCUT2D eigenvalue weighted by Gasteiger charge is 2.21. The Bertz CT molecular complexity index is 472. The van der Waals surface area contributed by atoms with Gasteiger partial charge in [-0.3, -0.25) is 0 Å². The molecule has 2 aromatic carbocycles. The van der Waals surface area contributed by atoms with Gasteiger partial charge in [0.2, 0.25) is 0 Å². The van der Waals surface area contributed by atoms with Crippen molar-refractivity contribution in [3.05, 3.63) is 71.8 Å². The van der Waals surface area contributed by atoms with E-state index in [1.165, 1.54) is 11.1 Å². The van der Waals surface area contributed by atoms with Crippen LogP contribution in [0.15, 0.2) is 60.7 Å². The number of ether oxygens (including phenoxy) is 1. The van der Waals surface area contributed by atoms with Crippen LogP contribution in [0.25, 0.3) is 0 Å². The Morgan fingerprint density at radius 2 is 1.33 bits per heavy atom. The third-order valence-electron chi connectivity index (χ3n) is 3.95. The van der Waals surface area contributed by atoms with E-state index in [4.69, 9.17) is 4.74 Å². The molecular weight excluding hydrogens is 258 g/mol. The lowest BCUT2D eigenvalue weighted by atomic mass is 9.86. The molecule has 1 N–H and O–H groups in total. The molecule has 2 rings (SSSR count). The first kappa shape index (κ1) is 15.7. The van der Waals surface area contributed by atoms with Crippen LogP contribution in [-0.4, -0.2) is 25.8 Å². The standard InChI is InChI=1S/C19H25NO/c1-15(21-3)14-20-16(2)19(17-10-6-4-7-11-17)18-12-8-5-9-13-18/h4-13,15-16,19-20H,14H2,1-3H3. The average molecular weight is 283 g/mol. The summed E-state index contributed by atoms with van der Waals surface area (Å²) in [5.41, 5.74) is 2.68. The van der Waals surface area contributed by atoms with Crippen molar-refractivity contribution in [3.63, 3.8) is 0 Å². The zero-order valence-corrected chi connectivity index (χ0v) is 13.1. The highest BCUT2D eigenvalue weighted by Crippen LogP contribution is 2.27. The molecule has 112 valence electrons. The Morgan fingerprint density at radius 1 is 0.857 bits per heavy atom. The summed E-state index contributed by atoms with van der Waals surface area (Å²) < 4.78 is 5.33. The van der Waals surface area contributed by atoms with Crippen LogP contribution in [0, 0.1) is 0 Å². The monoisotopic (exact) mass is 283 g/mol. The fourth-order valence-corrected chi connectivity index (χ4v) is 2.64. The second-order valence-electron chi connectivity index (χ2n) is 5.54. The fourth-order valence-electron chi connectivity index (χ4n) is 2.64. The topological polar surface area (TPSA) is 21.3 Å². The van der Waals surface area contributed by atoms with Crippen molar-refractivity contribution in [1.82, 2.24) is 5.32 Å². The van der Waals surface area contributed by atoms with Crippen molar-refractivity contribution in [2.75, 3.05) is 13.7 Å². The van der Waals surface area contributed by atoms with Crippen LogP contribution >= 0.6 is 0 Å². The van der Waals surface area contributed by atoms with E-state index in [1.807, 2.05) is 0 Å². The van der Waals surface area contributed by atoms with Crippen LogP contribution in [0.2, 0.25) is 0 Å². The second-order valence-corrected chi connectivity index (χ2v) is 5.54. The number of hydrogen-bond donors (Lipinski definition) is 1. The minimum absolute atomic E-state index is 0.222. The van der Waals surface area contributed by atoms with Gasteiger partial charge in [0.1, 0.15) is 0 Å². The molecule has 0 bridgehead atoms. The maximum atomic E-state index is 5.33. The molecule has 0 aliphatic heterocycles. The minimum atomic E-state index is 0.222. The molecule has 2 unspecified atom stereocenters. The van der Waals surface area contributed by atoms with Crippen LogP contribution in [0.4, 0.5) is 0 Å². The molecule has 0 saturated heterocycles. The third-order valence-corrected chi connectivity index (χ3v) is 3.95. The quantitative estimate of drug-likeness (QED) is 0.834. The molecule has 21 heavy (non-hydrogen) atoms. The van der Waals surface area contributed by atoms with Crippen molar-refractivity contribution >= 4 is 0 Å². The van der Waals surface area contributed by atoms with Gasteiger partial charge in [-0.1, -0.05) is 60.7 Å². The first-order valence-corrected chi connectivity index (χ1v) is 7.58. The predicted octanol–water partition coefficient (Wildman–Crippen LogP) is 3.83. The molecule has 2 heteroatoms. The lowest BCUT2D eigenvalue weighted by Gasteiger charge is -2.27. The average Bonchev–Trinajstić information content (AvgIpc) is 2.55. The summed E-state index contributed by atoms with van der Waals surface area (Å²) in [7, 11) is 1.75. The second kappa shape index (κ2) is 7.96. The summed E-state index contributed by atoms with van der Waals surface area (Å²) in [5.74, 6) is 0.344. The van der Waals surface area contributed by atoms with Crippen LogP contribution in [0.1, 0.15) is 30.9 Å². The Balaban J connectivity index is 2.20. The summed E-state index contributed by atoms with van der Waals surface area (Å²) in [6.07, 6.45) is 0.222. The van der Waals surface area contributed by atoms with E-state index in [0.29, 0.717) is 12.0 Å². The minimum Gasteiger partial charge on any atom is -0.380 e. The van der Waals surface area contributed by atoms with E-state index < -0.39 is 0 Å². The molecule has 0 spiro atoms. The van der Waals surface area contributed by atoms with Crippen molar-refractivity contribution in [1.29, 1.82) is 0 Å². The molecule has 2 atom stereocenters. The van der Waals surface area contributed by atoms with E-state index in [0.717, 1.165) is 6.54 Å². The number of rotatable bonds is 7. The van der Waals surface area contributed by atoms with Crippen molar-refractivity contribution in [2.24, 2.45) is 0 Å². The van der Waals surface area contributed by atoms with E-state index in [2.05, 4.69) is 79.8 Å². The summed E-state index contributed by atoms with van der Waals surface area (Å²) in [4.78, 5) is 0. The Kier molecular flexibility index (Phi) is 5.97. The molecule has 0 aliphatic carbocycles. The zero-order valence-electron chi connectivity index (χ0n) is 13.1. The number of benzene rings is 2. The SMILES string of the molecule is COC(C)CNC(C)C(c1ccccc1)c1ccccc1. The van der Waals surface area contributed by atoms with Gasteiger partial charge in [0.25, 0.3) is 0 Å². The van der Waals surface area contributed by atoms with Gasteiger partial charge in [0, 0.05) is 25.6 Å². The van der Waals surface area contributed by atoms with Crippen LogP contribution in [0.3, 0.4) is 0 Å². The predicted molar refractivity (Wildman–Crippen MR) is 88.7 cm³/mol. The third kappa shape index (κ3) is 4.42. The Labute approximate surface area is 128 Å². The maximum absolute atomic E-state index is 5.33. The van der Waals surface area contributed by atoms with Crippen LogP contribution in [-0.2, 0) is 4.74 Å². The first-order valence-electron chi connectivity index (χ1n) is 7.58. The molecule has 0 aromatic heterocycles. The molecule has 0 radical (unpaired) electrons. The molecule has 0 saturated carbocycles. The van der Waals surface area contributed by atoms with Crippen molar-refractivity contribution in [2.45, 2.75) is 31.9 Å². The lowest BCUT2D eigenvalue weighted by molar-refractivity contribution is 0.114. The number of hydrogen-bond acceptors (Lipinski definition) is 2. The van der Waals surface area contributed by atoms with Crippen molar-refractivity contribution < 1.29 is 4.74 Å².